The molecular formula is C17H18ClN3OS. The molecule has 2 heterocycles. The summed E-state index contributed by atoms with van der Waals surface area (Å²) in [7, 11) is 2.07. The molecule has 120 valence electrons. The predicted molar refractivity (Wildman–Crippen MR) is 95.1 cm³/mol. The number of nitriles is 1. The summed E-state index contributed by atoms with van der Waals surface area (Å²) >= 11 is 1.53. The number of hydrogen-bond acceptors (Lipinski definition) is 4. The van der Waals surface area contributed by atoms with Crippen LogP contribution < -0.4 is 5.32 Å². The van der Waals surface area contributed by atoms with Gasteiger partial charge in [0.05, 0.1) is 12.0 Å². The topological polar surface area (TPSA) is 56.1 Å². The molecule has 1 aromatic carbocycles. The van der Waals surface area contributed by atoms with Crippen LogP contribution in [-0.4, -0.2) is 24.4 Å². The summed E-state index contributed by atoms with van der Waals surface area (Å²) in [5, 5.41) is 13.0. The SMILES string of the molecule is CN1CCc2c(sc(NC(=O)Cc3ccccc3)c2C#N)C1.Cl. The highest BCUT2D eigenvalue weighted by Crippen LogP contribution is 2.36. The lowest BCUT2D eigenvalue weighted by molar-refractivity contribution is -0.115. The molecule has 1 N–H and O–H groups in total. The average molecular weight is 348 g/mol. The number of benzene rings is 1. The van der Waals surface area contributed by atoms with Crippen molar-refractivity contribution < 1.29 is 4.79 Å². The average Bonchev–Trinajstić information content (AvgIpc) is 2.84. The Kier molecular flexibility index (Phi) is 5.78. The van der Waals surface area contributed by atoms with Crippen LogP contribution in [0.2, 0.25) is 0 Å². The molecule has 0 fully saturated rings. The van der Waals surface area contributed by atoms with Crippen molar-refractivity contribution in [2.45, 2.75) is 19.4 Å². The van der Waals surface area contributed by atoms with Gasteiger partial charge >= 0.3 is 0 Å². The van der Waals surface area contributed by atoms with Crippen LogP contribution >= 0.6 is 23.7 Å². The van der Waals surface area contributed by atoms with Crippen LogP contribution in [0.1, 0.15) is 21.6 Å². The number of nitrogens with one attached hydrogen (secondary N) is 1. The van der Waals surface area contributed by atoms with Crippen molar-refractivity contribution in [3.63, 3.8) is 0 Å². The van der Waals surface area contributed by atoms with Crippen LogP contribution in [0.15, 0.2) is 30.3 Å². The Hall–Kier alpha value is -1.87. The van der Waals surface area contributed by atoms with Crippen molar-refractivity contribution in [1.82, 2.24) is 4.90 Å². The van der Waals surface area contributed by atoms with E-state index in [4.69, 9.17) is 0 Å². The molecule has 4 nitrogen and oxygen atoms in total. The molecule has 0 saturated heterocycles. The van der Waals surface area contributed by atoms with Crippen LogP contribution in [-0.2, 0) is 24.2 Å². The van der Waals surface area contributed by atoms with Gasteiger partial charge in [0.15, 0.2) is 0 Å². The molecule has 6 heteroatoms. The molecule has 1 amide bonds. The Morgan fingerprint density at radius 3 is 2.83 bits per heavy atom. The van der Waals surface area contributed by atoms with Crippen LogP contribution in [0.5, 0.6) is 0 Å². The summed E-state index contributed by atoms with van der Waals surface area (Å²) in [6.07, 6.45) is 1.20. The zero-order valence-electron chi connectivity index (χ0n) is 12.8. The van der Waals surface area contributed by atoms with Gasteiger partial charge in [-0.15, -0.1) is 23.7 Å². The fraction of sp³-hybridized carbons (Fsp3) is 0.294. The minimum atomic E-state index is -0.0744. The van der Waals surface area contributed by atoms with Gasteiger partial charge in [0.25, 0.3) is 0 Å². The number of anilines is 1. The van der Waals surface area contributed by atoms with Crippen LogP contribution in [0.4, 0.5) is 5.00 Å². The molecule has 0 radical (unpaired) electrons. The van der Waals surface area contributed by atoms with E-state index >= 15 is 0 Å². The van der Waals surface area contributed by atoms with Crippen molar-refractivity contribution in [1.29, 1.82) is 5.26 Å². The minimum Gasteiger partial charge on any atom is -0.316 e. The minimum absolute atomic E-state index is 0. The van der Waals surface area contributed by atoms with Gasteiger partial charge in [-0.05, 0) is 24.6 Å². The van der Waals surface area contributed by atoms with E-state index in [2.05, 4.69) is 23.3 Å². The number of rotatable bonds is 3. The first-order valence-corrected chi connectivity index (χ1v) is 8.06. The first kappa shape index (κ1) is 17.5. The van der Waals surface area contributed by atoms with E-state index in [9.17, 15) is 10.1 Å². The molecule has 1 aliphatic heterocycles. The smallest absolute Gasteiger partial charge is 0.229 e. The van der Waals surface area contributed by atoms with E-state index in [0.29, 0.717) is 17.0 Å². The van der Waals surface area contributed by atoms with Crippen LogP contribution in [0, 0.1) is 11.3 Å². The van der Waals surface area contributed by atoms with Crippen molar-refractivity contribution in [2.24, 2.45) is 0 Å². The van der Waals surface area contributed by atoms with Gasteiger partial charge in [-0.3, -0.25) is 4.79 Å². The van der Waals surface area contributed by atoms with Gasteiger partial charge in [-0.2, -0.15) is 5.26 Å². The molecule has 0 bridgehead atoms. The second kappa shape index (κ2) is 7.60. The Bertz CT molecular complexity index is 736. The standard InChI is InChI=1S/C17H17N3OS.ClH/c1-20-8-7-13-14(10-18)17(22-15(13)11-20)19-16(21)9-12-5-3-2-4-6-12;/h2-6H,7-9,11H2,1H3,(H,19,21);1H. The molecule has 0 unspecified atom stereocenters. The number of likely N-dealkylation sites (N-methyl/N-ethyl adjacent to an activating group) is 1. The molecule has 3 rings (SSSR count). The first-order valence-electron chi connectivity index (χ1n) is 7.24. The number of carbonyl (C=O) groups is 1. The molecule has 1 aromatic heterocycles. The fourth-order valence-electron chi connectivity index (χ4n) is 2.69. The quantitative estimate of drug-likeness (QED) is 0.927. The third-order valence-electron chi connectivity index (χ3n) is 3.82. The maximum absolute atomic E-state index is 12.2. The molecule has 1 aliphatic rings. The van der Waals surface area contributed by atoms with Gasteiger partial charge < -0.3 is 10.2 Å². The second-order valence-electron chi connectivity index (χ2n) is 5.52. The maximum Gasteiger partial charge on any atom is 0.229 e. The zero-order valence-corrected chi connectivity index (χ0v) is 14.5. The van der Waals surface area contributed by atoms with Crippen molar-refractivity contribution in [3.8, 4) is 6.07 Å². The monoisotopic (exact) mass is 347 g/mol. The van der Waals surface area contributed by atoms with E-state index in [1.54, 1.807) is 0 Å². The highest BCUT2D eigenvalue weighted by molar-refractivity contribution is 7.16. The molecule has 0 aliphatic carbocycles. The van der Waals surface area contributed by atoms with Gasteiger partial charge in [0.1, 0.15) is 11.1 Å². The van der Waals surface area contributed by atoms with Gasteiger partial charge in [0, 0.05) is 18.0 Å². The zero-order chi connectivity index (χ0) is 15.5. The Morgan fingerprint density at radius 1 is 1.39 bits per heavy atom. The van der Waals surface area contributed by atoms with E-state index in [1.807, 2.05) is 30.3 Å². The van der Waals surface area contributed by atoms with E-state index in [1.165, 1.54) is 16.2 Å². The molecule has 0 atom stereocenters. The second-order valence-corrected chi connectivity index (χ2v) is 6.62. The summed E-state index contributed by atoms with van der Waals surface area (Å²) < 4.78 is 0. The first-order chi connectivity index (χ1) is 10.7. The highest BCUT2D eigenvalue weighted by Gasteiger charge is 2.23. The highest BCUT2D eigenvalue weighted by atomic mass is 35.5. The third kappa shape index (κ3) is 3.91. The third-order valence-corrected chi connectivity index (χ3v) is 4.95. The largest absolute Gasteiger partial charge is 0.316 e. The Morgan fingerprint density at radius 2 is 2.13 bits per heavy atom. The van der Waals surface area contributed by atoms with Crippen molar-refractivity contribution in [2.75, 3.05) is 18.9 Å². The summed E-state index contributed by atoms with van der Waals surface area (Å²) in [4.78, 5) is 15.6. The van der Waals surface area contributed by atoms with Crippen molar-refractivity contribution >= 4 is 34.7 Å². The summed E-state index contributed by atoms with van der Waals surface area (Å²) in [6.45, 7) is 1.80. The molecule has 2 aromatic rings. The summed E-state index contributed by atoms with van der Waals surface area (Å²) in [5.74, 6) is -0.0744. The van der Waals surface area contributed by atoms with Crippen LogP contribution in [0.3, 0.4) is 0 Å². The lowest BCUT2D eigenvalue weighted by Gasteiger charge is -2.21. The normalized spacial score (nSPS) is 13.6. The summed E-state index contributed by atoms with van der Waals surface area (Å²) in [5.41, 5.74) is 2.73. The predicted octanol–water partition coefficient (Wildman–Crippen LogP) is 3.21. The summed E-state index contributed by atoms with van der Waals surface area (Å²) in [6, 6.07) is 11.9. The number of nitrogens with zero attached hydrogens (tertiary/aromatic N) is 2. The lowest BCUT2D eigenvalue weighted by Crippen LogP contribution is -2.25. The van der Waals surface area contributed by atoms with Crippen LogP contribution in [0.25, 0.3) is 0 Å². The Labute approximate surface area is 146 Å². The number of carbonyl (C=O) groups excluding carboxylic acids is 1. The van der Waals surface area contributed by atoms with Gasteiger partial charge in [-0.1, -0.05) is 30.3 Å². The number of thiophene rings is 1. The number of fused-ring (bicyclic) bond motifs is 1. The number of halogens is 1. The molecule has 0 saturated carbocycles. The number of amides is 1. The molecule has 0 spiro atoms. The molecule has 23 heavy (non-hydrogen) atoms. The van der Waals surface area contributed by atoms with E-state index < -0.39 is 0 Å². The van der Waals surface area contributed by atoms with Gasteiger partial charge in [0.2, 0.25) is 5.91 Å². The van der Waals surface area contributed by atoms with Gasteiger partial charge in [-0.25, -0.2) is 0 Å². The van der Waals surface area contributed by atoms with E-state index in [0.717, 1.165) is 30.6 Å². The Balaban J connectivity index is 0.00000192. The number of hydrogen-bond donors (Lipinski definition) is 1. The van der Waals surface area contributed by atoms with E-state index in [-0.39, 0.29) is 18.3 Å². The maximum atomic E-state index is 12.2. The fourth-order valence-corrected chi connectivity index (χ4v) is 3.98. The lowest BCUT2D eigenvalue weighted by atomic mass is 10.0. The van der Waals surface area contributed by atoms with Crippen molar-refractivity contribution in [3.05, 3.63) is 51.9 Å². The molecular weight excluding hydrogens is 330 g/mol.